The molecule has 2 aromatic rings. The summed E-state index contributed by atoms with van der Waals surface area (Å²) in [5, 5.41) is 8.20. The van der Waals surface area contributed by atoms with Gasteiger partial charge in [-0.15, -0.1) is 0 Å². The molecule has 1 N–H and O–H groups in total. The third-order valence-corrected chi connectivity index (χ3v) is 6.98. The number of carbonyl (C=O) groups is 2. The van der Waals surface area contributed by atoms with Crippen molar-refractivity contribution >= 4 is 22.7 Å². The van der Waals surface area contributed by atoms with Gasteiger partial charge in [-0.3, -0.25) is 14.7 Å². The van der Waals surface area contributed by atoms with Crippen molar-refractivity contribution in [3.05, 3.63) is 30.0 Å². The average molecular weight is 352 g/mol. The van der Waals surface area contributed by atoms with Crippen molar-refractivity contribution in [2.75, 3.05) is 6.54 Å². The van der Waals surface area contributed by atoms with Gasteiger partial charge in [0.15, 0.2) is 5.69 Å². The lowest BCUT2D eigenvalue weighted by atomic mass is 9.66. The molecule has 6 nitrogen and oxygen atoms in total. The van der Waals surface area contributed by atoms with Crippen molar-refractivity contribution in [1.29, 1.82) is 0 Å². The second-order valence-corrected chi connectivity index (χ2v) is 8.33. The van der Waals surface area contributed by atoms with Crippen LogP contribution in [0.25, 0.3) is 10.9 Å². The van der Waals surface area contributed by atoms with Crippen LogP contribution >= 0.6 is 0 Å². The number of amides is 2. The van der Waals surface area contributed by atoms with Crippen LogP contribution in [0.15, 0.2) is 24.3 Å². The van der Waals surface area contributed by atoms with E-state index >= 15 is 0 Å². The Morgan fingerprint density at radius 1 is 1.23 bits per heavy atom. The Morgan fingerprint density at radius 2 is 2.00 bits per heavy atom. The van der Waals surface area contributed by atoms with Gasteiger partial charge in [-0.2, -0.15) is 5.10 Å². The molecule has 1 aliphatic carbocycles. The van der Waals surface area contributed by atoms with E-state index in [1.54, 1.807) is 6.92 Å². The van der Waals surface area contributed by atoms with Crippen molar-refractivity contribution in [1.82, 2.24) is 20.0 Å². The van der Waals surface area contributed by atoms with Crippen LogP contribution in [0.5, 0.6) is 0 Å². The average Bonchev–Trinajstić information content (AvgIpc) is 3.17. The number of para-hydroxylation sites is 1. The predicted octanol–water partition coefficient (Wildman–Crippen LogP) is 2.57. The largest absolute Gasteiger partial charge is 0.337 e. The molecule has 6 heteroatoms. The van der Waals surface area contributed by atoms with Crippen LogP contribution in [0, 0.1) is 5.41 Å². The second-order valence-electron chi connectivity index (χ2n) is 8.33. The zero-order valence-corrected chi connectivity index (χ0v) is 15.2. The number of rotatable bonds is 1. The van der Waals surface area contributed by atoms with Gasteiger partial charge < -0.3 is 9.80 Å². The number of aromatic nitrogens is 2. The number of piperidine rings is 1. The Bertz CT molecular complexity index is 906. The monoisotopic (exact) mass is 352 g/mol. The summed E-state index contributed by atoms with van der Waals surface area (Å²) in [5.74, 6) is 0.137. The minimum Gasteiger partial charge on any atom is -0.337 e. The summed E-state index contributed by atoms with van der Waals surface area (Å²) in [6.45, 7) is 4.59. The van der Waals surface area contributed by atoms with Gasteiger partial charge in [0, 0.05) is 36.4 Å². The highest BCUT2D eigenvalue weighted by Crippen LogP contribution is 2.54. The third-order valence-electron chi connectivity index (χ3n) is 6.98. The van der Waals surface area contributed by atoms with E-state index in [1.165, 1.54) is 0 Å². The number of hydrogen-bond acceptors (Lipinski definition) is 3. The van der Waals surface area contributed by atoms with Crippen LogP contribution < -0.4 is 0 Å². The Labute approximate surface area is 152 Å². The number of H-pyrrole nitrogens is 1. The highest BCUT2D eigenvalue weighted by Gasteiger charge is 2.61. The lowest BCUT2D eigenvalue weighted by Crippen LogP contribution is -2.57. The van der Waals surface area contributed by atoms with Crippen molar-refractivity contribution in [3.8, 4) is 0 Å². The molecule has 2 saturated heterocycles. The van der Waals surface area contributed by atoms with Gasteiger partial charge in [0.2, 0.25) is 5.91 Å². The third kappa shape index (κ3) is 1.95. The minimum atomic E-state index is -0.00535. The summed E-state index contributed by atoms with van der Waals surface area (Å²) in [6, 6.07) is 8.30. The molecule has 4 atom stereocenters. The molecule has 0 radical (unpaired) electrons. The van der Waals surface area contributed by atoms with Gasteiger partial charge in [0.05, 0.1) is 11.6 Å². The molecule has 2 bridgehead atoms. The summed E-state index contributed by atoms with van der Waals surface area (Å²) < 4.78 is 0. The molecule has 3 aliphatic rings. The number of carbonyl (C=O) groups excluding carboxylic acids is 2. The topological polar surface area (TPSA) is 69.3 Å². The van der Waals surface area contributed by atoms with E-state index in [2.05, 4.69) is 22.0 Å². The van der Waals surface area contributed by atoms with Crippen LogP contribution in [-0.2, 0) is 4.79 Å². The molecule has 3 heterocycles. The first-order chi connectivity index (χ1) is 12.5. The molecule has 2 amide bonds. The summed E-state index contributed by atoms with van der Waals surface area (Å²) in [6.07, 6.45) is 4.11. The predicted molar refractivity (Wildman–Crippen MR) is 97.6 cm³/mol. The first kappa shape index (κ1) is 15.9. The maximum Gasteiger partial charge on any atom is 0.275 e. The zero-order valence-electron chi connectivity index (χ0n) is 15.2. The summed E-state index contributed by atoms with van der Waals surface area (Å²) in [4.78, 5) is 29.9. The molecule has 2 aliphatic heterocycles. The lowest BCUT2D eigenvalue weighted by Gasteiger charge is -2.49. The van der Waals surface area contributed by atoms with Gasteiger partial charge in [0.1, 0.15) is 0 Å². The SMILES string of the molecule is CC(=O)N1C[C@@H]2C[C@@]3(C)[C@H](CCC[C@@H]13)N2C(=O)c1n[nH]c2ccccc12. The number of likely N-dealkylation sites (tertiary alicyclic amines) is 2. The lowest BCUT2D eigenvalue weighted by molar-refractivity contribution is -0.137. The van der Waals surface area contributed by atoms with E-state index in [0.717, 1.165) is 36.6 Å². The normalized spacial score (nSPS) is 32.9. The van der Waals surface area contributed by atoms with Crippen LogP contribution in [0.3, 0.4) is 0 Å². The quantitative estimate of drug-likeness (QED) is 0.858. The molecule has 0 unspecified atom stereocenters. The van der Waals surface area contributed by atoms with Crippen molar-refractivity contribution in [2.24, 2.45) is 5.41 Å². The Hall–Kier alpha value is -2.37. The van der Waals surface area contributed by atoms with E-state index in [9.17, 15) is 9.59 Å². The molecule has 136 valence electrons. The van der Waals surface area contributed by atoms with Crippen LogP contribution in [0.4, 0.5) is 0 Å². The number of fused-ring (bicyclic) bond motifs is 2. The van der Waals surface area contributed by atoms with Gasteiger partial charge in [-0.05, 0) is 31.7 Å². The first-order valence-electron chi connectivity index (χ1n) is 9.53. The van der Waals surface area contributed by atoms with Gasteiger partial charge in [-0.1, -0.05) is 25.1 Å². The van der Waals surface area contributed by atoms with E-state index in [-0.39, 0.29) is 35.4 Å². The molecule has 0 spiro atoms. The Morgan fingerprint density at radius 3 is 2.81 bits per heavy atom. The zero-order chi connectivity index (χ0) is 18.1. The number of hydrogen-bond donors (Lipinski definition) is 1. The summed E-state index contributed by atoms with van der Waals surface area (Å²) >= 11 is 0. The van der Waals surface area contributed by atoms with Gasteiger partial charge >= 0.3 is 0 Å². The number of nitrogens with zero attached hydrogens (tertiary/aromatic N) is 3. The van der Waals surface area contributed by atoms with E-state index in [1.807, 2.05) is 29.2 Å². The molecule has 1 aromatic carbocycles. The highest BCUT2D eigenvalue weighted by atomic mass is 16.2. The fourth-order valence-corrected chi connectivity index (χ4v) is 5.90. The smallest absolute Gasteiger partial charge is 0.275 e. The number of aromatic amines is 1. The standard InChI is InChI=1S/C20H24N4O2/c1-12(25)23-11-13-10-20(2)16(23)8-5-9-17(20)24(13)19(26)18-14-6-3-4-7-15(14)21-22-18/h3-4,6-7,13,16-17H,5,8-11H2,1-2H3,(H,21,22)/t13-,16+,17-,20+/m0/s1. The van der Waals surface area contributed by atoms with Crippen molar-refractivity contribution in [2.45, 2.75) is 57.7 Å². The van der Waals surface area contributed by atoms with Gasteiger partial charge in [-0.25, -0.2) is 0 Å². The fraction of sp³-hybridized carbons (Fsp3) is 0.550. The Kier molecular flexibility index (Phi) is 3.24. The number of benzene rings is 1. The molecule has 1 aromatic heterocycles. The van der Waals surface area contributed by atoms with E-state index in [0.29, 0.717) is 12.2 Å². The maximum atomic E-state index is 13.5. The fourth-order valence-electron chi connectivity index (χ4n) is 5.90. The first-order valence-corrected chi connectivity index (χ1v) is 9.53. The van der Waals surface area contributed by atoms with Crippen molar-refractivity contribution < 1.29 is 9.59 Å². The van der Waals surface area contributed by atoms with Crippen LogP contribution in [0.2, 0.25) is 0 Å². The molecule has 5 rings (SSSR count). The van der Waals surface area contributed by atoms with E-state index in [4.69, 9.17) is 0 Å². The van der Waals surface area contributed by atoms with Crippen LogP contribution in [-0.4, -0.2) is 56.5 Å². The Balaban J connectivity index is 1.57. The molecule has 3 fully saturated rings. The number of nitrogens with one attached hydrogen (secondary N) is 1. The summed E-state index contributed by atoms with van der Waals surface area (Å²) in [5.41, 5.74) is 1.39. The molecular weight excluding hydrogens is 328 g/mol. The van der Waals surface area contributed by atoms with Crippen LogP contribution in [0.1, 0.15) is 50.0 Å². The van der Waals surface area contributed by atoms with E-state index < -0.39 is 0 Å². The maximum absolute atomic E-state index is 13.5. The van der Waals surface area contributed by atoms with Crippen molar-refractivity contribution in [3.63, 3.8) is 0 Å². The van der Waals surface area contributed by atoms with Gasteiger partial charge in [0.25, 0.3) is 5.91 Å². The molecule has 1 saturated carbocycles. The summed E-state index contributed by atoms with van der Waals surface area (Å²) in [7, 11) is 0. The molecule has 26 heavy (non-hydrogen) atoms. The minimum absolute atomic E-state index is 0.00535. The highest BCUT2D eigenvalue weighted by molar-refractivity contribution is 6.05. The molecular formula is C20H24N4O2. The second kappa shape index (κ2) is 5.32.